The van der Waals surface area contributed by atoms with Crippen LogP contribution in [0.5, 0.6) is 0 Å². The van der Waals surface area contributed by atoms with Gasteiger partial charge in [-0.15, -0.1) is 0 Å². The fourth-order valence-corrected chi connectivity index (χ4v) is 3.85. The van der Waals surface area contributed by atoms with Crippen molar-refractivity contribution >= 4 is 17.7 Å². The Kier molecular flexibility index (Phi) is 7.14. The predicted octanol–water partition coefficient (Wildman–Crippen LogP) is 3.49. The molecule has 0 aromatic heterocycles. The van der Waals surface area contributed by atoms with E-state index in [4.69, 9.17) is 0 Å². The normalized spacial score (nSPS) is 13.5. The lowest BCUT2D eigenvalue weighted by atomic mass is 10.0. The standard InChI is InChI=1S/C26H22F3N3O3/c27-20-10-11-21(28)24(29)23(20)26(35)32-14-12-31(13-15-32)22(33)16-30-25(34)19-8-6-18(7-9-19)17-4-2-1-3-5-17/h1-11H,12-16H2,(H,30,34). The molecule has 3 aromatic carbocycles. The molecule has 3 amide bonds. The Hall–Kier alpha value is -4.14. The van der Waals surface area contributed by atoms with Crippen molar-refractivity contribution in [2.75, 3.05) is 32.7 Å². The molecule has 3 aromatic rings. The Bertz CT molecular complexity index is 1240. The summed E-state index contributed by atoms with van der Waals surface area (Å²) in [7, 11) is 0. The lowest BCUT2D eigenvalue weighted by Crippen LogP contribution is -2.52. The van der Waals surface area contributed by atoms with Crippen LogP contribution in [0.15, 0.2) is 66.7 Å². The molecular weight excluding hydrogens is 459 g/mol. The molecule has 1 aliphatic rings. The molecule has 6 nitrogen and oxygen atoms in total. The Morgan fingerprint density at radius 2 is 1.29 bits per heavy atom. The van der Waals surface area contributed by atoms with E-state index in [-0.39, 0.29) is 38.6 Å². The van der Waals surface area contributed by atoms with Gasteiger partial charge in [0.1, 0.15) is 11.4 Å². The third-order valence-electron chi connectivity index (χ3n) is 5.83. The fourth-order valence-electron chi connectivity index (χ4n) is 3.85. The van der Waals surface area contributed by atoms with Crippen LogP contribution in [-0.4, -0.2) is 60.2 Å². The first-order valence-corrected chi connectivity index (χ1v) is 11.0. The highest BCUT2D eigenvalue weighted by atomic mass is 19.2. The second-order valence-electron chi connectivity index (χ2n) is 8.02. The minimum Gasteiger partial charge on any atom is -0.343 e. The van der Waals surface area contributed by atoms with E-state index in [1.807, 2.05) is 42.5 Å². The summed E-state index contributed by atoms with van der Waals surface area (Å²) in [6.45, 7) is 0.0413. The molecule has 9 heteroatoms. The van der Waals surface area contributed by atoms with Gasteiger partial charge in [0.2, 0.25) is 5.91 Å². The quantitative estimate of drug-likeness (QED) is 0.568. The first-order valence-electron chi connectivity index (χ1n) is 11.0. The molecular formula is C26H22F3N3O3. The van der Waals surface area contributed by atoms with Crippen molar-refractivity contribution < 1.29 is 27.6 Å². The number of carbonyl (C=O) groups is 3. The summed E-state index contributed by atoms with van der Waals surface area (Å²) in [6.07, 6.45) is 0. The number of hydrogen-bond donors (Lipinski definition) is 1. The first kappa shape index (κ1) is 24.0. The van der Waals surface area contributed by atoms with Crippen molar-refractivity contribution in [3.63, 3.8) is 0 Å². The molecule has 0 bridgehead atoms. The van der Waals surface area contributed by atoms with Gasteiger partial charge in [0.05, 0.1) is 6.54 Å². The van der Waals surface area contributed by atoms with Crippen LogP contribution >= 0.6 is 0 Å². The number of rotatable bonds is 5. The summed E-state index contributed by atoms with van der Waals surface area (Å²) in [4.78, 5) is 40.0. The van der Waals surface area contributed by atoms with Crippen LogP contribution in [0.3, 0.4) is 0 Å². The number of piperazine rings is 1. The van der Waals surface area contributed by atoms with Crippen molar-refractivity contribution in [2.45, 2.75) is 0 Å². The van der Waals surface area contributed by atoms with E-state index in [0.29, 0.717) is 17.7 Å². The van der Waals surface area contributed by atoms with Crippen LogP contribution in [0.4, 0.5) is 13.2 Å². The van der Waals surface area contributed by atoms with Crippen molar-refractivity contribution in [3.05, 3.63) is 95.3 Å². The fraction of sp³-hybridized carbons (Fsp3) is 0.192. The van der Waals surface area contributed by atoms with E-state index in [0.717, 1.165) is 16.0 Å². The largest absolute Gasteiger partial charge is 0.343 e. The SMILES string of the molecule is O=C(NCC(=O)N1CCN(C(=O)c2c(F)ccc(F)c2F)CC1)c1ccc(-c2ccccc2)cc1. The lowest BCUT2D eigenvalue weighted by molar-refractivity contribution is -0.131. The van der Waals surface area contributed by atoms with Crippen LogP contribution in [0, 0.1) is 17.5 Å². The molecule has 1 N–H and O–H groups in total. The highest BCUT2D eigenvalue weighted by Crippen LogP contribution is 2.20. The average Bonchev–Trinajstić information content (AvgIpc) is 2.90. The molecule has 1 aliphatic heterocycles. The van der Waals surface area contributed by atoms with Crippen molar-refractivity contribution in [1.82, 2.24) is 15.1 Å². The Balaban J connectivity index is 1.28. The zero-order valence-corrected chi connectivity index (χ0v) is 18.6. The van der Waals surface area contributed by atoms with Crippen LogP contribution in [0.25, 0.3) is 11.1 Å². The number of carbonyl (C=O) groups excluding carboxylic acids is 3. The molecule has 0 saturated carbocycles. The average molecular weight is 481 g/mol. The van der Waals surface area contributed by atoms with Gasteiger partial charge >= 0.3 is 0 Å². The third kappa shape index (κ3) is 5.34. The number of halogens is 3. The molecule has 0 spiro atoms. The maximum atomic E-state index is 13.9. The first-order chi connectivity index (χ1) is 16.8. The summed E-state index contributed by atoms with van der Waals surface area (Å²) >= 11 is 0. The topological polar surface area (TPSA) is 69.7 Å². The molecule has 0 unspecified atom stereocenters. The zero-order chi connectivity index (χ0) is 24.9. The van der Waals surface area contributed by atoms with E-state index in [2.05, 4.69) is 5.32 Å². The maximum absolute atomic E-state index is 13.9. The van der Waals surface area contributed by atoms with Gasteiger partial charge in [-0.1, -0.05) is 42.5 Å². The van der Waals surface area contributed by atoms with Gasteiger partial charge in [0.25, 0.3) is 11.8 Å². The Labute approximate surface area is 200 Å². The maximum Gasteiger partial charge on any atom is 0.260 e. The minimum absolute atomic E-state index is 0.0227. The van der Waals surface area contributed by atoms with Crippen LogP contribution in [0.2, 0.25) is 0 Å². The number of nitrogens with zero attached hydrogens (tertiary/aromatic N) is 2. The predicted molar refractivity (Wildman–Crippen MR) is 123 cm³/mol. The summed E-state index contributed by atoms with van der Waals surface area (Å²) in [5.41, 5.74) is 1.45. The number of benzene rings is 3. The van der Waals surface area contributed by atoms with Crippen LogP contribution in [-0.2, 0) is 4.79 Å². The monoisotopic (exact) mass is 481 g/mol. The second kappa shape index (κ2) is 10.4. The van der Waals surface area contributed by atoms with Gasteiger partial charge in [-0.3, -0.25) is 14.4 Å². The van der Waals surface area contributed by atoms with E-state index in [9.17, 15) is 27.6 Å². The number of hydrogen-bond acceptors (Lipinski definition) is 3. The van der Waals surface area contributed by atoms with Gasteiger partial charge in [-0.2, -0.15) is 0 Å². The summed E-state index contributed by atoms with van der Waals surface area (Å²) in [5, 5.41) is 2.58. The van der Waals surface area contributed by atoms with Crippen LogP contribution in [0.1, 0.15) is 20.7 Å². The van der Waals surface area contributed by atoms with E-state index in [1.165, 1.54) is 4.90 Å². The van der Waals surface area contributed by atoms with Crippen molar-refractivity contribution in [3.8, 4) is 11.1 Å². The molecule has 0 atom stereocenters. The number of amides is 3. The summed E-state index contributed by atoms with van der Waals surface area (Å²) < 4.78 is 41.3. The van der Waals surface area contributed by atoms with Gasteiger partial charge in [0, 0.05) is 31.7 Å². The van der Waals surface area contributed by atoms with Gasteiger partial charge in [0.15, 0.2) is 11.6 Å². The van der Waals surface area contributed by atoms with Crippen molar-refractivity contribution in [1.29, 1.82) is 0 Å². The highest BCUT2D eigenvalue weighted by Gasteiger charge is 2.29. The van der Waals surface area contributed by atoms with Gasteiger partial charge < -0.3 is 15.1 Å². The molecule has 180 valence electrons. The van der Waals surface area contributed by atoms with Crippen LogP contribution < -0.4 is 5.32 Å². The zero-order valence-electron chi connectivity index (χ0n) is 18.6. The van der Waals surface area contributed by atoms with Gasteiger partial charge in [-0.25, -0.2) is 13.2 Å². The van der Waals surface area contributed by atoms with Gasteiger partial charge in [-0.05, 0) is 35.4 Å². The third-order valence-corrected chi connectivity index (χ3v) is 5.83. The molecule has 4 rings (SSSR count). The molecule has 1 fully saturated rings. The molecule has 1 heterocycles. The summed E-state index contributed by atoms with van der Waals surface area (Å²) in [5.74, 6) is -5.72. The smallest absolute Gasteiger partial charge is 0.260 e. The second-order valence-corrected chi connectivity index (χ2v) is 8.02. The molecule has 0 aliphatic carbocycles. The Morgan fingerprint density at radius 3 is 1.94 bits per heavy atom. The molecule has 35 heavy (non-hydrogen) atoms. The molecule has 0 radical (unpaired) electrons. The number of nitrogens with one attached hydrogen (secondary N) is 1. The highest BCUT2D eigenvalue weighted by molar-refractivity contribution is 5.97. The lowest BCUT2D eigenvalue weighted by Gasteiger charge is -2.35. The van der Waals surface area contributed by atoms with E-state index in [1.54, 1.807) is 12.1 Å². The van der Waals surface area contributed by atoms with E-state index < -0.39 is 34.8 Å². The van der Waals surface area contributed by atoms with Crippen molar-refractivity contribution in [2.24, 2.45) is 0 Å². The van der Waals surface area contributed by atoms with E-state index >= 15 is 0 Å². The molecule has 1 saturated heterocycles. The minimum atomic E-state index is -1.53. The Morgan fingerprint density at radius 1 is 0.714 bits per heavy atom. The summed E-state index contributed by atoms with van der Waals surface area (Å²) in [6, 6.07) is 18.0.